The van der Waals surface area contributed by atoms with Crippen LogP contribution < -0.4 is 10.6 Å². The molecule has 2 rings (SSSR count). The number of carbonyl (C=O) groups excluding carboxylic acids is 1. The topological polar surface area (TPSA) is 66.9 Å². The van der Waals surface area contributed by atoms with Crippen molar-refractivity contribution < 1.29 is 4.79 Å². The molecular formula is C15H18N4O. The number of hydrogen-bond acceptors (Lipinski definition) is 3. The Hall–Kier alpha value is -2.43. The Kier molecular flexibility index (Phi) is 4.30. The second-order valence-corrected chi connectivity index (χ2v) is 4.71. The van der Waals surface area contributed by atoms with Crippen molar-refractivity contribution in [2.24, 2.45) is 0 Å². The molecule has 20 heavy (non-hydrogen) atoms. The number of hydrogen-bond donors (Lipinski definition) is 2. The van der Waals surface area contributed by atoms with Crippen molar-refractivity contribution in [1.82, 2.24) is 15.3 Å². The lowest BCUT2D eigenvalue weighted by atomic mass is 10.1. The van der Waals surface area contributed by atoms with Crippen molar-refractivity contribution in [2.75, 3.05) is 5.32 Å². The molecule has 0 aliphatic heterocycles. The first-order valence-electron chi connectivity index (χ1n) is 6.45. The molecular weight excluding hydrogens is 252 g/mol. The lowest BCUT2D eigenvalue weighted by molar-refractivity contribution is 0.251. The zero-order valence-electron chi connectivity index (χ0n) is 11.9. The molecule has 104 valence electrons. The minimum atomic E-state index is -0.241. The van der Waals surface area contributed by atoms with Crippen LogP contribution in [0.1, 0.15) is 22.5 Å². The molecule has 1 heterocycles. The fourth-order valence-corrected chi connectivity index (χ4v) is 1.83. The molecule has 0 bridgehead atoms. The van der Waals surface area contributed by atoms with Gasteiger partial charge in [0, 0.05) is 11.4 Å². The smallest absolute Gasteiger partial charge is 0.319 e. The first-order valence-corrected chi connectivity index (χ1v) is 6.45. The van der Waals surface area contributed by atoms with Crippen LogP contribution in [0.25, 0.3) is 0 Å². The van der Waals surface area contributed by atoms with Gasteiger partial charge in [0.05, 0.1) is 12.2 Å². The van der Waals surface area contributed by atoms with E-state index in [2.05, 4.69) is 20.6 Å². The summed E-state index contributed by atoms with van der Waals surface area (Å²) in [7, 11) is 0. The number of anilines is 1. The van der Waals surface area contributed by atoms with Gasteiger partial charge < -0.3 is 10.6 Å². The molecule has 0 aliphatic carbocycles. The van der Waals surface area contributed by atoms with Gasteiger partial charge >= 0.3 is 6.03 Å². The normalized spacial score (nSPS) is 10.2. The molecule has 0 unspecified atom stereocenters. The zero-order valence-corrected chi connectivity index (χ0v) is 11.9. The maximum atomic E-state index is 11.9. The van der Waals surface area contributed by atoms with E-state index in [4.69, 9.17) is 0 Å². The molecule has 0 aliphatic rings. The van der Waals surface area contributed by atoms with Gasteiger partial charge in [-0.2, -0.15) is 0 Å². The van der Waals surface area contributed by atoms with Crippen molar-refractivity contribution in [3.05, 3.63) is 53.1 Å². The summed E-state index contributed by atoms with van der Waals surface area (Å²) in [6.45, 7) is 6.27. The summed E-state index contributed by atoms with van der Waals surface area (Å²) in [5.74, 6) is 0. The minimum absolute atomic E-state index is 0.241. The van der Waals surface area contributed by atoms with E-state index in [1.807, 2.05) is 45.0 Å². The molecule has 2 N–H and O–H groups in total. The van der Waals surface area contributed by atoms with Gasteiger partial charge in [-0.15, -0.1) is 0 Å². The molecule has 5 nitrogen and oxygen atoms in total. The summed E-state index contributed by atoms with van der Waals surface area (Å²) < 4.78 is 0. The van der Waals surface area contributed by atoms with Crippen LogP contribution in [-0.4, -0.2) is 16.0 Å². The van der Waals surface area contributed by atoms with Crippen LogP contribution in [0.3, 0.4) is 0 Å². The predicted octanol–water partition coefficient (Wildman–Crippen LogP) is 2.72. The Morgan fingerprint density at radius 3 is 2.75 bits per heavy atom. The van der Waals surface area contributed by atoms with Gasteiger partial charge in [0.15, 0.2) is 0 Å². The first kappa shape index (κ1) is 14.0. The summed E-state index contributed by atoms with van der Waals surface area (Å²) in [4.78, 5) is 20.0. The van der Waals surface area contributed by atoms with E-state index in [1.54, 1.807) is 0 Å². The van der Waals surface area contributed by atoms with Crippen LogP contribution in [0, 0.1) is 20.8 Å². The number of nitrogens with zero attached hydrogens (tertiary/aromatic N) is 2. The standard InChI is InChI=1S/C15H18N4O/c1-10-5-4-6-14(12(10)3)19-15(20)16-8-13-7-11(2)17-9-18-13/h4-7,9H,8H2,1-3H3,(H2,16,19,20). The molecule has 1 aromatic heterocycles. The number of rotatable bonds is 3. The van der Waals surface area contributed by atoms with E-state index < -0.39 is 0 Å². The molecule has 0 spiro atoms. The van der Waals surface area contributed by atoms with Gasteiger partial charge in [-0.1, -0.05) is 12.1 Å². The van der Waals surface area contributed by atoms with Crippen molar-refractivity contribution in [2.45, 2.75) is 27.3 Å². The second-order valence-electron chi connectivity index (χ2n) is 4.71. The predicted molar refractivity (Wildman–Crippen MR) is 78.5 cm³/mol. The zero-order chi connectivity index (χ0) is 14.5. The van der Waals surface area contributed by atoms with E-state index >= 15 is 0 Å². The van der Waals surface area contributed by atoms with Crippen molar-refractivity contribution >= 4 is 11.7 Å². The number of carbonyl (C=O) groups is 1. The van der Waals surface area contributed by atoms with Crippen LogP contribution in [0.2, 0.25) is 0 Å². The Bertz CT molecular complexity index is 625. The number of urea groups is 1. The lowest BCUT2D eigenvalue weighted by Crippen LogP contribution is -2.28. The molecule has 2 amide bonds. The van der Waals surface area contributed by atoms with Gasteiger partial charge in [0.1, 0.15) is 6.33 Å². The molecule has 5 heteroatoms. The highest BCUT2D eigenvalue weighted by atomic mass is 16.2. The monoisotopic (exact) mass is 270 g/mol. The molecule has 0 saturated heterocycles. The summed E-state index contributed by atoms with van der Waals surface area (Å²) in [5, 5.41) is 5.62. The van der Waals surface area contributed by atoms with Crippen LogP contribution >= 0.6 is 0 Å². The summed E-state index contributed by atoms with van der Waals surface area (Å²) in [5.41, 5.74) is 4.71. The highest BCUT2D eigenvalue weighted by Gasteiger charge is 2.05. The summed E-state index contributed by atoms with van der Waals surface area (Å²) in [6.07, 6.45) is 1.49. The van der Waals surface area contributed by atoms with E-state index in [-0.39, 0.29) is 6.03 Å². The fourth-order valence-electron chi connectivity index (χ4n) is 1.83. The third-order valence-corrected chi connectivity index (χ3v) is 3.14. The van der Waals surface area contributed by atoms with Gasteiger partial charge in [-0.3, -0.25) is 0 Å². The van der Waals surface area contributed by atoms with Gasteiger partial charge in [0.25, 0.3) is 0 Å². The second kappa shape index (κ2) is 6.14. The van der Waals surface area contributed by atoms with Gasteiger partial charge in [-0.25, -0.2) is 14.8 Å². The summed E-state index contributed by atoms with van der Waals surface area (Å²) in [6, 6.07) is 7.43. The van der Waals surface area contributed by atoms with Crippen LogP contribution in [-0.2, 0) is 6.54 Å². The van der Waals surface area contributed by atoms with Crippen LogP contribution in [0.5, 0.6) is 0 Å². The van der Waals surface area contributed by atoms with Crippen molar-refractivity contribution in [1.29, 1.82) is 0 Å². The number of aryl methyl sites for hydroxylation is 2. The van der Waals surface area contributed by atoms with Crippen molar-refractivity contribution in [3.8, 4) is 0 Å². The molecule has 0 radical (unpaired) electrons. The Balaban J connectivity index is 1.94. The SMILES string of the molecule is Cc1cc(CNC(=O)Nc2cccc(C)c2C)ncn1. The molecule has 0 fully saturated rings. The first-order chi connectivity index (χ1) is 9.56. The third-order valence-electron chi connectivity index (χ3n) is 3.14. The fraction of sp³-hybridized carbons (Fsp3) is 0.267. The number of aromatic nitrogens is 2. The van der Waals surface area contributed by atoms with Gasteiger partial charge in [0.2, 0.25) is 0 Å². The minimum Gasteiger partial charge on any atom is -0.332 e. The number of amides is 2. The van der Waals surface area contributed by atoms with E-state index in [1.165, 1.54) is 6.33 Å². The third kappa shape index (κ3) is 3.54. The quantitative estimate of drug-likeness (QED) is 0.901. The Labute approximate surface area is 118 Å². The van der Waals surface area contributed by atoms with Crippen LogP contribution in [0.4, 0.5) is 10.5 Å². The van der Waals surface area contributed by atoms with E-state index in [0.29, 0.717) is 6.54 Å². The summed E-state index contributed by atoms with van der Waals surface area (Å²) >= 11 is 0. The lowest BCUT2D eigenvalue weighted by Gasteiger charge is -2.11. The Morgan fingerprint density at radius 1 is 1.20 bits per heavy atom. The molecule has 0 saturated carbocycles. The average Bonchev–Trinajstić information content (AvgIpc) is 2.42. The highest BCUT2D eigenvalue weighted by molar-refractivity contribution is 5.90. The molecule has 0 atom stereocenters. The van der Waals surface area contributed by atoms with Crippen molar-refractivity contribution in [3.63, 3.8) is 0 Å². The van der Waals surface area contributed by atoms with E-state index in [9.17, 15) is 4.79 Å². The van der Waals surface area contributed by atoms with E-state index in [0.717, 1.165) is 28.2 Å². The number of nitrogens with one attached hydrogen (secondary N) is 2. The Morgan fingerprint density at radius 2 is 2.00 bits per heavy atom. The molecule has 1 aromatic carbocycles. The number of benzene rings is 1. The van der Waals surface area contributed by atoms with Crippen LogP contribution in [0.15, 0.2) is 30.6 Å². The van der Waals surface area contributed by atoms with Gasteiger partial charge in [-0.05, 0) is 44.0 Å². The highest BCUT2D eigenvalue weighted by Crippen LogP contribution is 2.17. The largest absolute Gasteiger partial charge is 0.332 e. The maximum Gasteiger partial charge on any atom is 0.319 e. The average molecular weight is 270 g/mol. The molecule has 2 aromatic rings. The maximum absolute atomic E-state index is 11.9.